The van der Waals surface area contributed by atoms with Gasteiger partial charge in [-0.15, -0.1) is 0 Å². The second-order valence-corrected chi connectivity index (χ2v) is 5.36. The predicted molar refractivity (Wildman–Crippen MR) is 81.7 cm³/mol. The van der Waals surface area contributed by atoms with Gasteiger partial charge in [0.2, 0.25) is 0 Å². The number of hydrogen-bond acceptors (Lipinski definition) is 2. The molecule has 3 heteroatoms. The number of rotatable bonds is 5. The fourth-order valence-electron chi connectivity index (χ4n) is 1.93. The molecule has 2 nitrogen and oxygen atoms in total. The second-order valence-electron chi connectivity index (χ2n) is 4.92. The molecular weight excluding hydrogens is 272 g/mol. The summed E-state index contributed by atoms with van der Waals surface area (Å²) in [6.07, 6.45) is 0.480. The summed E-state index contributed by atoms with van der Waals surface area (Å²) >= 11 is 5.92. The van der Waals surface area contributed by atoms with Crippen molar-refractivity contribution in [3.05, 3.63) is 64.7 Å². The smallest absolute Gasteiger partial charge is 0.167 e. The molecule has 2 aromatic carbocycles. The van der Waals surface area contributed by atoms with Crippen LogP contribution in [0.4, 0.5) is 0 Å². The number of benzene rings is 2. The molecule has 0 fully saturated rings. The van der Waals surface area contributed by atoms with Crippen molar-refractivity contribution in [1.82, 2.24) is 0 Å². The van der Waals surface area contributed by atoms with Gasteiger partial charge in [-0.25, -0.2) is 0 Å². The standard InChI is InChI=1S/C17H17ClO2/c1-12(2)20-16-8-6-14(7-9-16)17(19)11-13-4-3-5-15(18)10-13/h3-10,12H,11H2,1-2H3. The van der Waals surface area contributed by atoms with Gasteiger partial charge in [-0.05, 0) is 55.8 Å². The number of carbonyl (C=O) groups excluding carboxylic acids is 1. The normalized spacial score (nSPS) is 10.6. The summed E-state index contributed by atoms with van der Waals surface area (Å²) in [4.78, 5) is 12.2. The van der Waals surface area contributed by atoms with E-state index in [1.807, 2.05) is 44.2 Å². The maximum absolute atomic E-state index is 12.2. The first-order chi connectivity index (χ1) is 9.54. The van der Waals surface area contributed by atoms with Crippen LogP contribution in [0.2, 0.25) is 5.02 Å². The summed E-state index contributed by atoms with van der Waals surface area (Å²) in [6.45, 7) is 3.94. The number of carbonyl (C=O) groups is 1. The molecule has 2 aromatic rings. The SMILES string of the molecule is CC(C)Oc1ccc(C(=O)Cc2cccc(Cl)c2)cc1. The molecule has 0 N–H and O–H groups in total. The first-order valence-corrected chi connectivity index (χ1v) is 6.97. The molecule has 0 bridgehead atoms. The van der Waals surface area contributed by atoms with Gasteiger partial charge in [0.25, 0.3) is 0 Å². The summed E-state index contributed by atoms with van der Waals surface area (Å²) in [5.41, 5.74) is 1.60. The molecule has 0 saturated carbocycles. The van der Waals surface area contributed by atoms with Gasteiger partial charge in [0.15, 0.2) is 5.78 Å². The lowest BCUT2D eigenvalue weighted by molar-refractivity contribution is 0.0993. The Morgan fingerprint density at radius 2 is 1.85 bits per heavy atom. The van der Waals surface area contributed by atoms with Crippen LogP contribution in [-0.2, 0) is 6.42 Å². The van der Waals surface area contributed by atoms with Crippen molar-refractivity contribution in [3.8, 4) is 5.75 Å². The van der Waals surface area contributed by atoms with E-state index < -0.39 is 0 Å². The molecule has 0 atom stereocenters. The van der Waals surface area contributed by atoms with Crippen molar-refractivity contribution in [2.24, 2.45) is 0 Å². The Kier molecular flexibility index (Phi) is 4.80. The van der Waals surface area contributed by atoms with Crippen LogP contribution in [0.15, 0.2) is 48.5 Å². The minimum Gasteiger partial charge on any atom is -0.491 e. The summed E-state index contributed by atoms with van der Waals surface area (Å²) in [5, 5.41) is 0.649. The van der Waals surface area contributed by atoms with Crippen LogP contribution >= 0.6 is 11.6 Å². The molecule has 0 unspecified atom stereocenters. The first-order valence-electron chi connectivity index (χ1n) is 6.59. The Labute approximate surface area is 124 Å². The fourth-order valence-corrected chi connectivity index (χ4v) is 2.14. The molecule has 0 aromatic heterocycles. The van der Waals surface area contributed by atoms with Crippen LogP contribution in [0.1, 0.15) is 29.8 Å². The quantitative estimate of drug-likeness (QED) is 0.754. The Balaban J connectivity index is 2.06. The highest BCUT2D eigenvalue weighted by Gasteiger charge is 2.08. The van der Waals surface area contributed by atoms with E-state index in [2.05, 4.69) is 0 Å². The Hall–Kier alpha value is -1.80. The number of halogens is 1. The molecule has 2 rings (SSSR count). The molecule has 0 saturated heterocycles. The van der Waals surface area contributed by atoms with E-state index in [0.717, 1.165) is 11.3 Å². The summed E-state index contributed by atoms with van der Waals surface area (Å²) in [5.74, 6) is 0.850. The summed E-state index contributed by atoms with van der Waals surface area (Å²) < 4.78 is 5.55. The summed E-state index contributed by atoms with van der Waals surface area (Å²) in [6, 6.07) is 14.6. The van der Waals surface area contributed by atoms with Crippen molar-refractivity contribution >= 4 is 17.4 Å². The lowest BCUT2D eigenvalue weighted by atomic mass is 10.0. The van der Waals surface area contributed by atoms with Crippen molar-refractivity contribution in [2.45, 2.75) is 26.4 Å². The first kappa shape index (κ1) is 14.6. The van der Waals surface area contributed by atoms with Crippen LogP contribution in [-0.4, -0.2) is 11.9 Å². The zero-order valence-corrected chi connectivity index (χ0v) is 12.4. The van der Waals surface area contributed by atoms with Crippen LogP contribution in [0.25, 0.3) is 0 Å². The molecule has 0 aliphatic carbocycles. The maximum atomic E-state index is 12.2. The van der Waals surface area contributed by atoms with E-state index in [1.54, 1.807) is 18.2 Å². The van der Waals surface area contributed by atoms with Crippen LogP contribution < -0.4 is 4.74 Å². The highest BCUT2D eigenvalue weighted by atomic mass is 35.5. The Morgan fingerprint density at radius 3 is 2.45 bits per heavy atom. The predicted octanol–water partition coefficient (Wildman–Crippen LogP) is 4.55. The monoisotopic (exact) mass is 288 g/mol. The van der Waals surface area contributed by atoms with Crippen LogP contribution in [0.5, 0.6) is 5.75 Å². The Bertz CT molecular complexity index is 588. The maximum Gasteiger partial charge on any atom is 0.167 e. The highest BCUT2D eigenvalue weighted by Crippen LogP contribution is 2.17. The van der Waals surface area contributed by atoms with Gasteiger partial charge in [0.05, 0.1) is 6.10 Å². The Morgan fingerprint density at radius 1 is 1.15 bits per heavy atom. The third-order valence-electron chi connectivity index (χ3n) is 2.80. The number of hydrogen-bond donors (Lipinski definition) is 0. The molecule has 0 aliphatic heterocycles. The third-order valence-corrected chi connectivity index (χ3v) is 3.04. The lowest BCUT2D eigenvalue weighted by Crippen LogP contribution is -2.06. The van der Waals surface area contributed by atoms with Gasteiger partial charge < -0.3 is 4.74 Å². The average Bonchev–Trinajstić information content (AvgIpc) is 2.38. The van der Waals surface area contributed by atoms with Crippen molar-refractivity contribution < 1.29 is 9.53 Å². The zero-order chi connectivity index (χ0) is 14.5. The third kappa shape index (κ3) is 4.10. The van der Waals surface area contributed by atoms with E-state index in [4.69, 9.17) is 16.3 Å². The van der Waals surface area contributed by atoms with E-state index >= 15 is 0 Å². The molecule has 20 heavy (non-hydrogen) atoms. The van der Waals surface area contributed by atoms with E-state index in [-0.39, 0.29) is 11.9 Å². The molecule has 104 valence electrons. The van der Waals surface area contributed by atoms with E-state index in [1.165, 1.54) is 0 Å². The van der Waals surface area contributed by atoms with E-state index in [9.17, 15) is 4.79 Å². The fraction of sp³-hybridized carbons (Fsp3) is 0.235. The van der Waals surface area contributed by atoms with Gasteiger partial charge in [-0.2, -0.15) is 0 Å². The van der Waals surface area contributed by atoms with Crippen molar-refractivity contribution in [1.29, 1.82) is 0 Å². The van der Waals surface area contributed by atoms with Gasteiger partial charge >= 0.3 is 0 Å². The van der Waals surface area contributed by atoms with Gasteiger partial charge in [0, 0.05) is 17.0 Å². The van der Waals surface area contributed by atoms with Crippen molar-refractivity contribution in [2.75, 3.05) is 0 Å². The molecular formula is C17H17ClO2. The zero-order valence-electron chi connectivity index (χ0n) is 11.6. The van der Waals surface area contributed by atoms with Gasteiger partial charge in [-0.1, -0.05) is 23.7 Å². The second kappa shape index (κ2) is 6.58. The average molecular weight is 289 g/mol. The molecule has 0 spiro atoms. The van der Waals surface area contributed by atoms with Crippen LogP contribution in [0.3, 0.4) is 0 Å². The molecule has 0 amide bonds. The molecule has 0 radical (unpaired) electrons. The number of Topliss-reactive ketones (excluding diaryl/α,β-unsaturated/α-hetero) is 1. The topological polar surface area (TPSA) is 26.3 Å². The lowest BCUT2D eigenvalue weighted by Gasteiger charge is -2.09. The van der Waals surface area contributed by atoms with Crippen molar-refractivity contribution in [3.63, 3.8) is 0 Å². The number of ketones is 1. The largest absolute Gasteiger partial charge is 0.491 e. The minimum atomic E-state index is 0.0726. The number of ether oxygens (including phenoxy) is 1. The van der Waals surface area contributed by atoms with Crippen LogP contribution in [0, 0.1) is 0 Å². The minimum absolute atomic E-state index is 0.0726. The van der Waals surface area contributed by atoms with E-state index in [0.29, 0.717) is 17.0 Å². The molecule has 0 aliphatic rings. The van der Waals surface area contributed by atoms with Gasteiger partial charge in [-0.3, -0.25) is 4.79 Å². The molecule has 0 heterocycles. The highest BCUT2D eigenvalue weighted by molar-refractivity contribution is 6.30. The van der Waals surface area contributed by atoms with Gasteiger partial charge in [0.1, 0.15) is 5.75 Å². The summed E-state index contributed by atoms with van der Waals surface area (Å²) in [7, 11) is 0.